The Labute approximate surface area is 167 Å². The number of aromatic nitrogens is 1. The fraction of sp³-hybridized carbons (Fsp3) is 0.136. The van der Waals surface area contributed by atoms with Crippen molar-refractivity contribution in [2.45, 2.75) is 19.3 Å². The molecule has 0 saturated carbocycles. The third-order valence-corrected chi connectivity index (χ3v) is 4.63. The van der Waals surface area contributed by atoms with Crippen LogP contribution in [0.15, 0.2) is 54.7 Å². The maximum Gasteiger partial charge on any atom is 0.323 e. The van der Waals surface area contributed by atoms with Crippen molar-refractivity contribution >= 4 is 17.4 Å². The van der Waals surface area contributed by atoms with Gasteiger partial charge in [-0.25, -0.2) is 14.2 Å². The van der Waals surface area contributed by atoms with Crippen molar-refractivity contribution in [3.63, 3.8) is 0 Å². The Morgan fingerprint density at radius 2 is 1.86 bits per heavy atom. The van der Waals surface area contributed by atoms with Gasteiger partial charge in [-0.05, 0) is 60.7 Å². The summed E-state index contributed by atoms with van der Waals surface area (Å²) in [4.78, 5) is 16.1. The van der Waals surface area contributed by atoms with E-state index in [1.165, 1.54) is 35.5 Å². The van der Waals surface area contributed by atoms with E-state index in [0.29, 0.717) is 11.4 Å². The van der Waals surface area contributed by atoms with Gasteiger partial charge in [0.25, 0.3) is 0 Å². The number of anilines is 2. The van der Waals surface area contributed by atoms with Gasteiger partial charge in [-0.1, -0.05) is 6.07 Å². The van der Waals surface area contributed by atoms with Crippen LogP contribution in [-0.4, -0.2) is 11.0 Å². The molecule has 0 aliphatic heterocycles. The lowest BCUT2D eigenvalue weighted by Gasteiger charge is -2.11. The second kappa shape index (κ2) is 7.98. The fourth-order valence-electron chi connectivity index (χ4n) is 3.27. The van der Waals surface area contributed by atoms with Crippen molar-refractivity contribution in [1.29, 1.82) is 5.26 Å². The number of benzene rings is 2. The minimum absolute atomic E-state index is 0.0310. The number of ether oxygens (including phenoxy) is 1. The summed E-state index contributed by atoms with van der Waals surface area (Å²) in [5, 5.41) is 14.1. The predicted octanol–water partition coefficient (Wildman–Crippen LogP) is 5.02. The normalized spacial score (nSPS) is 12.0. The average Bonchev–Trinajstić information content (AvgIpc) is 3.18. The number of nitrogens with zero attached hydrogens (tertiary/aromatic N) is 2. The molecule has 1 aliphatic rings. The number of pyridine rings is 1. The van der Waals surface area contributed by atoms with E-state index in [9.17, 15) is 9.18 Å². The van der Waals surface area contributed by atoms with E-state index in [2.05, 4.69) is 15.6 Å². The molecular weight excluding hydrogens is 371 g/mol. The minimum atomic E-state index is -0.638. The first-order valence-corrected chi connectivity index (χ1v) is 9.14. The molecule has 3 aromatic rings. The predicted molar refractivity (Wildman–Crippen MR) is 107 cm³/mol. The first-order chi connectivity index (χ1) is 14.1. The molecule has 1 aromatic heterocycles. The van der Waals surface area contributed by atoms with Crippen molar-refractivity contribution in [2.24, 2.45) is 0 Å². The van der Waals surface area contributed by atoms with Gasteiger partial charge in [-0.15, -0.1) is 0 Å². The van der Waals surface area contributed by atoms with E-state index in [0.717, 1.165) is 25.3 Å². The highest BCUT2D eigenvalue weighted by molar-refractivity contribution is 5.99. The van der Waals surface area contributed by atoms with Gasteiger partial charge in [-0.3, -0.25) is 0 Å². The SMILES string of the molecule is N#Cc1cc(Oc2ccc(NC(=O)Nc3ccc4c(c3)CCC4)c(F)c2)ccn1. The number of urea groups is 1. The number of nitriles is 1. The Balaban J connectivity index is 1.41. The zero-order chi connectivity index (χ0) is 20.2. The van der Waals surface area contributed by atoms with E-state index in [1.807, 2.05) is 24.3 Å². The van der Waals surface area contributed by atoms with E-state index >= 15 is 0 Å². The Bertz CT molecular complexity index is 1120. The smallest absolute Gasteiger partial charge is 0.323 e. The van der Waals surface area contributed by atoms with Gasteiger partial charge in [0.15, 0.2) is 0 Å². The maximum atomic E-state index is 14.4. The van der Waals surface area contributed by atoms with E-state index in [1.54, 1.807) is 6.07 Å². The standard InChI is InChI=1S/C22H17FN4O2/c23-20-12-18(29-19-8-9-25-17(11-19)13-24)6-7-21(20)27-22(28)26-16-5-4-14-2-1-3-15(14)10-16/h4-12H,1-3H2,(H2,26,27,28). The van der Waals surface area contributed by atoms with Gasteiger partial charge in [0.2, 0.25) is 0 Å². The van der Waals surface area contributed by atoms with Crippen LogP contribution in [0, 0.1) is 17.1 Å². The summed E-state index contributed by atoms with van der Waals surface area (Å²) < 4.78 is 19.9. The molecule has 2 N–H and O–H groups in total. The maximum absolute atomic E-state index is 14.4. The third kappa shape index (κ3) is 4.33. The zero-order valence-electron chi connectivity index (χ0n) is 15.4. The molecule has 0 atom stereocenters. The van der Waals surface area contributed by atoms with E-state index < -0.39 is 11.8 Å². The molecular formula is C22H17FN4O2. The molecule has 0 spiro atoms. The molecule has 0 fully saturated rings. The molecule has 0 radical (unpaired) electrons. The van der Waals surface area contributed by atoms with Gasteiger partial charge in [-0.2, -0.15) is 5.26 Å². The second-order valence-corrected chi connectivity index (χ2v) is 6.65. The Morgan fingerprint density at radius 3 is 2.69 bits per heavy atom. The molecule has 0 saturated heterocycles. The molecule has 1 aliphatic carbocycles. The summed E-state index contributed by atoms with van der Waals surface area (Å²) in [5.41, 5.74) is 3.46. The van der Waals surface area contributed by atoms with Gasteiger partial charge in [0, 0.05) is 24.0 Å². The topological polar surface area (TPSA) is 87.0 Å². The summed E-state index contributed by atoms with van der Waals surface area (Å²) in [6, 6.07) is 14.3. The molecule has 2 aromatic carbocycles. The summed E-state index contributed by atoms with van der Waals surface area (Å²) in [5.74, 6) is -0.0330. The van der Waals surface area contributed by atoms with Crippen molar-refractivity contribution in [2.75, 3.05) is 10.6 Å². The number of carbonyl (C=O) groups excluding carboxylic acids is 1. The Hall–Kier alpha value is -3.92. The van der Waals surface area contributed by atoms with Crippen molar-refractivity contribution < 1.29 is 13.9 Å². The average molecular weight is 388 g/mol. The summed E-state index contributed by atoms with van der Waals surface area (Å²) in [6.07, 6.45) is 4.64. The largest absolute Gasteiger partial charge is 0.457 e. The minimum Gasteiger partial charge on any atom is -0.457 e. The van der Waals surface area contributed by atoms with Crippen LogP contribution in [0.1, 0.15) is 23.2 Å². The number of halogens is 1. The molecule has 1 heterocycles. The van der Waals surface area contributed by atoms with Gasteiger partial charge in [0.1, 0.15) is 29.1 Å². The number of nitrogens with one attached hydrogen (secondary N) is 2. The van der Waals surface area contributed by atoms with Crippen LogP contribution in [0.5, 0.6) is 11.5 Å². The number of rotatable bonds is 4. The first kappa shape index (κ1) is 18.4. The number of fused-ring (bicyclic) bond motifs is 1. The first-order valence-electron chi connectivity index (χ1n) is 9.14. The van der Waals surface area contributed by atoms with Crippen LogP contribution in [-0.2, 0) is 12.8 Å². The van der Waals surface area contributed by atoms with E-state index in [4.69, 9.17) is 10.00 Å². The lowest BCUT2D eigenvalue weighted by Crippen LogP contribution is -2.20. The zero-order valence-corrected chi connectivity index (χ0v) is 15.4. The second-order valence-electron chi connectivity index (χ2n) is 6.65. The fourth-order valence-corrected chi connectivity index (χ4v) is 3.27. The third-order valence-electron chi connectivity index (χ3n) is 4.63. The lowest BCUT2D eigenvalue weighted by atomic mass is 10.1. The van der Waals surface area contributed by atoms with Crippen molar-refractivity contribution in [1.82, 2.24) is 4.98 Å². The molecule has 144 valence electrons. The molecule has 4 rings (SSSR count). The quantitative estimate of drug-likeness (QED) is 0.657. The number of hydrogen-bond donors (Lipinski definition) is 2. The van der Waals surface area contributed by atoms with Crippen LogP contribution < -0.4 is 15.4 Å². The number of amides is 2. The van der Waals surface area contributed by atoms with Crippen LogP contribution in [0.4, 0.5) is 20.6 Å². The molecule has 29 heavy (non-hydrogen) atoms. The van der Waals surface area contributed by atoms with Gasteiger partial charge in [0.05, 0.1) is 5.69 Å². The van der Waals surface area contributed by atoms with Crippen LogP contribution in [0.3, 0.4) is 0 Å². The highest BCUT2D eigenvalue weighted by Gasteiger charge is 2.13. The number of aryl methyl sites for hydroxylation is 2. The monoisotopic (exact) mass is 388 g/mol. The molecule has 2 amide bonds. The highest BCUT2D eigenvalue weighted by Crippen LogP contribution is 2.27. The van der Waals surface area contributed by atoms with Crippen molar-refractivity contribution in [3.8, 4) is 17.6 Å². The Morgan fingerprint density at radius 1 is 1.03 bits per heavy atom. The molecule has 0 unspecified atom stereocenters. The molecule has 0 bridgehead atoms. The lowest BCUT2D eigenvalue weighted by molar-refractivity contribution is 0.262. The molecule has 6 nitrogen and oxygen atoms in total. The molecule has 7 heteroatoms. The van der Waals surface area contributed by atoms with E-state index in [-0.39, 0.29) is 17.1 Å². The van der Waals surface area contributed by atoms with Gasteiger partial charge < -0.3 is 15.4 Å². The van der Waals surface area contributed by atoms with Crippen LogP contribution >= 0.6 is 0 Å². The van der Waals surface area contributed by atoms with Crippen molar-refractivity contribution in [3.05, 3.63) is 77.4 Å². The van der Waals surface area contributed by atoms with Gasteiger partial charge >= 0.3 is 6.03 Å². The van der Waals surface area contributed by atoms with Crippen LogP contribution in [0.2, 0.25) is 0 Å². The summed E-state index contributed by atoms with van der Waals surface area (Å²) in [6.45, 7) is 0. The number of carbonyl (C=O) groups is 1. The van der Waals surface area contributed by atoms with Crippen LogP contribution in [0.25, 0.3) is 0 Å². The highest BCUT2D eigenvalue weighted by atomic mass is 19.1. The number of hydrogen-bond acceptors (Lipinski definition) is 4. The summed E-state index contributed by atoms with van der Waals surface area (Å²) in [7, 11) is 0. The Kier molecular flexibility index (Phi) is 5.08. The summed E-state index contributed by atoms with van der Waals surface area (Å²) >= 11 is 0.